The van der Waals surface area contributed by atoms with Crippen LogP contribution in [-0.2, 0) is 20.9 Å². The molecule has 9 heteroatoms. The zero-order chi connectivity index (χ0) is 29.7. The van der Waals surface area contributed by atoms with E-state index in [2.05, 4.69) is 34.5 Å². The van der Waals surface area contributed by atoms with Crippen molar-refractivity contribution in [1.29, 1.82) is 0 Å². The Kier molecular flexibility index (Phi) is 8.89. The van der Waals surface area contributed by atoms with E-state index < -0.39 is 30.1 Å². The van der Waals surface area contributed by atoms with Crippen LogP contribution in [-0.4, -0.2) is 96.7 Å². The molecular formula is C33H38N4O5. The number of hydrogen-bond acceptors (Lipinski definition) is 6. The Balaban J connectivity index is 1.34. The fourth-order valence-corrected chi connectivity index (χ4v) is 6.06. The Morgan fingerprint density at radius 1 is 0.929 bits per heavy atom. The number of carboxylic acids is 1. The third-order valence-corrected chi connectivity index (χ3v) is 8.12. The first-order valence-electron chi connectivity index (χ1n) is 14.3. The Labute approximate surface area is 246 Å². The number of carbonyl (C=O) groups excluding carboxylic acids is 2. The number of amides is 2. The lowest BCUT2D eigenvalue weighted by Crippen LogP contribution is -2.62. The summed E-state index contributed by atoms with van der Waals surface area (Å²) in [6, 6.07) is 26.2. The topological polar surface area (TPSA) is 102 Å². The molecule has 0 bridgehead atoms. The van der Waals surface area contributed by atoms with Gasteiger partial charge < -0.3 is 25.0 Å². The van der Waals surface area contributed by atoms with E-state index in [0.717, 1.165) is 27.8 Å². The van der Waals surface area contributed by atoms with E-state index in [1.54, 1.807) is 0 Å². The van der Waals surface area contributed by atoms with E-state index >= 15 is 0 Å². The first-order valence-corrected chi connectivity index (χ1v) is 14.3. The fourth-order valence-electron chi connectivity index (χ4n) is 6.06. The van der Waals surface area contributed by atoms with Gasteiger partial charge in [-0.2, -0.15) is 0 Å². The number of nitrogens with one attached hydrogen (secondary N) is 1. The number of likely N-dealkylation sites (N-methyl/N-ethyl adjacent to an activating group) is 1. The van der Waals surface area contributed by atoms with E-state index in [9.17, 15) is 19.5 Å². The van der Waals surface area contributed by atoms with E-state index in [-0.39, 0.29) is 25.6 Å². The molecule has 1 unspecified atom stereocenters. The summed E-state index contributed by atoms with van der Waals surface area (Å²) in [5, 5.41) is 12.5. The second-order valence-corrected chi connectivity index (χ2v) is 11.4. The highest BCUT2D eigenvalue weighted by Crippen LogP contribution is 2.44. The number of fused-ring (bicyclic) bond motifs is 3. The Hall–Kier alpha value is -4.21. The van der Waals surface area contributed by atoms with Crippen molar-refractivity contribution < 1.29 is 24.2 Å². The van der Waals surface area contributed by atoms with E-state index in [1.807, 2.05) is 73.6 Å². The Morgan fingerprint density at radius 2 is 1.55 bits per heavy atom. The normalized spacial score (nSPS) is 18.0. The van der Waals surface area contributed by atoms with Crippen LogP contribution >= 0.6 is 0 Å². The fraction of sp³-hybridized carbons (Fsp3) is 0.364. The van der Waals surface area contributed by atoms with Crippen molar-refractivity contribution in [2.45, 2.75) is 24.4 Å². The molecule has 2 N–H and O–H groups in total. The molecule has 2 amide bonds. The number of aliphatic carboxylic acids is 1. The third-order valence-electron chi connectivity index (χ3n) is 8.12. The highest BCUT2D eigenvalue weighted by atomic mass is 16.5. The smallest absolute Gasteiger partial charge is 0.408 e. The van der Waals surface area contributed by atoms with Crippen molar-refractivity contribution in [3.8, 4) is 11.1 Å². The van der Waals surface area contributed by atoms with Gasteiger partial charge in [-0.3, -0.25) is 14.5 Å². The molecule has 5 rings (SSSR count). The minimum Gasteiger partial charge on any atom is -0.480 e. The number of ether oxygens (including phenoxy) is 1. The van der Waals surface area contributed by atoms with Crippen LogP contribution in [0.25, 0.3) is 11.1 Å². The van der Waals surface area contributed by atoms with Crippen LogP contribution in [0.3, 0.4) is 0 Å². The van der Waals surface area contributed by atoms with Crippen LogP contribution in [0.4, 0.5) is 4.79 Å². The van der Waals surface area contributed by atoms with Gasteiger partial charge in [-0.25, -0.2) is 4.79 Å². The summed E-state index contributed by atoms with van der Waals surface area (Å²) in [5.41, 5.74) is 4.25. The van der Waals surface area contributed by atoms with Crippen molar-refractivity contribution in [3.63, 3.8) is 0 Å². The van der Waals surface area contributed by atoms with E-state index in [4.69, 9.17) is 4.74 Å². The first-order chi connectivity index (χ1) is 20.3. The predicted octanol–water partition coefficient (Wildman–Crippen LogP) is 3.64. The summed E-state index contributed by atoms with van der Waals surface area (Å²) in [6.45, 7) is 1.83. The molecule has 2 aliphatic rings. The minimum atomic E-state index is -1.31. The average Bonchev–Trinajstić information content (AvgIpc) is 3.53. The van der Waals surface area contributed by atoms with Crippen LogP contribution in [0, 0.1) is 0 Å². The van der Waals surface area contributed by atoms with Gasteiger partial charge in [0.15, 0.2) is 0 Å². The number of hydrogen-bond donors (Lipinski definition) is 2. The summed E-state index contributed by atoms with van der Waals surface area (Å²) in [7, 11) is 3.73. The number of benzene rings is 3. The molecule has 3 aromatic rings. The maximum atomic E-state index is 14.1. The molecule has 0 saturated carbocycles. The van der Waals surface area contributed by atoms with Gasteiger partial charge in [0.1, 0.15) is 18.7 Å². The quantitative estimate of drug-likeness (QED) is 0.363. The van der Waals surface area contributed by atoms with Gasteiger partial charge in [0, 0.05) is 38.6 Å². The lowest BCUT2D eigenvalue weighted by Gasteiger charge is -2.35. The summed E-state index contributed by atoms with van der Waals surface area (Å²) < 4.78 is 5.83. The SMILES string of the molecule is CN(C)CCN(CC(=O)O)C(=O)C1(NC(=O)OCC2c3ccccc3-c3ccccc32)CCN(Cc2ccccc2)C1. The molecule has 0 radical (unpaired) electrons. The Bertz CT molecular complexity index is 1380. The number of carboxylic acid groups (broad SMARTS) is 1. The van der Waals surface area contributed by atoms with Gasteiger partial charge in [0.2, 0.25) is 5.91 Å². The molecule has 1 saturated heterocycles. The molecule has 0 spiro atoms. The van der Waals surface area contributed by atoms with Crippen LogP contribution in [0.1, 0.15) is 29.0 Å². The van der Waals surface area contributed by atoms with Crippen molar-refractivity contribution >= 4 is 18.0 Å². The summed E-state index contributed by atoms with van der Waals surface area (Å²) in [6.07, 6.45) is -0.337. The maximum Gasteiger partial charge on any atom is 0.408 e. The standard InChI is InChI=1S/C33H38N4O5/c1-35(2)18-19-37(21-30(38)39)31(40)33(16-17-36(23-33)20-24-10-4-3-5-11-24)34-32(41)42-22-29-27-14-8-6-12-25(27)26-13-7-9-15-28(26)29/h3-15,29H,16-23H2,1-2H3,(H,34,41)(H,38,39). The van der Waals surface area contributed by atoms with Crippen molar-refractivity contribution in [3.05, 3.63) is 95.6 Å². The van der Waals surface area contributed by atoms with E-state index in [0.29, 0.717) is 26.1 Å². The molecule has 42 heavy (non-hydrogen) atoms. The minimum absolute atomic E-state index is 0.114. The summed E-state index contributed by atoms with van der Waals surface area (Å²) in [5.74, 6) is -1.62. The van der Waals surface area contributed by atoms with Crippen LogP contribution in [0.2, 0.25) is 0 Å². The van der Waals surface area contributed by atoms with Crippen LogP contribution in [0.5, 0.6) is 0 Å². The lowest BCUT2D eigenvalue weighted by atomic mass is 9.96. The molecular weight excluding hydrogens is 532 g/mol. The van der Waals surface area contributed by atoms with Gasteiger partial charge >= 0.3 is 12.1 Å². The summed E-state index contributed by atoms with van der Waals surface area (Å²) in [4.78, 5) is 44.6. The molecule has 9 nitrogen and oxygen atoms in total. The van der Waals surface area contributed by atoms with Gasteiger partial charge in [-0.15, -0.1) is 0 Å². The second-order valence-electron chi connectivity index (χ2n) is 11.4. The van der Waals surface area contributed by atoms with Crippen molar-refractivity contribution in [2.24, 2.45) is 0 Å². The van der Waals surface area contributed by atoms with Crippen LogP contribution in [0.15, 0.2) is 78.9 Å². The monoisotopic (exact) mass is 570 g/mol. The number of likely N-dealkylation sites (tertiary alicyclic amines) is 1. The van der Waals surface area contributed by atoms with E-state index in [1.165, 1.54) is 4.90 Å². The molecule has 0 aromatic heterocycles. The highest BCUT2D eigenvalue weighted by molar-refractivity contribution is 5.92. The third kappa shape index (κ3) is 6.48. The zero-order valence-corrected chi connectivity index (χ0v) is 24.2. The highest BCUT2D eigenvalue weighted by Gasteiger charge is 2.48. The van der Waals surface area contributed by atoms with Crippen LogP contribution < -0.4 is 5.32 Å². The number of nitrogens with zero attached hydrogens (tertiary/aromatic N) is 3. The number of rotatable bonds is 11. The number of carbonyl (C=O) groups is 3. The first kappa shape index (κ1) is 29.3. The molecule has 3 aromatic carbocycles. The average molecular weight is 571 g/mol. The molecule has 1 aliphatic carbocycles. The van der Waals surface area contributed by atoms with Crippen molar-refractivity contribution in [1.82, 2.24) is 20.0 Å². The molecule has 220 valence electrons. The van der Waals surface area contributed by atoms with Gasteiger partial charge in [0.05, 0.1) is 0 Å². The molecule has 1 fully saturated rings. The van der Waals surface area contributed by atoms with Gasteiger partial charge in [0.25, 0.3) is 0 Å². The molecule has 1 heterocycles. The summed E-state index contributed by atoms with van der Waals surface area (Å²) >= 11 is 0. The number of alkyl carbamates (subject to hydrolysis) is 1. The van der Waals surface area contributed by atoms with Crippen molar-refractivity contribution in [2.75, 3.05) is 53.4 Å². The predicted molar refractivity (Wildman–Crippen MR) is 160 cm³/mol. The Morgan fingerprint density at radius 3 is 2.17 bits per heavy atom. The van der Waals surface area contributed by atoms with Gasteiger partial charge in [-0.05, 0) is 48.3 Å². The molecule has 1 atom stereocenters. The maximum absolute atomic E-state index is 14.1. The lowest BCUT2D eigenvalue weighted by molar-refractivity contribution is -0.147. The zero-order valence-electron chi connectivity index (χ0n) is 24.2. The second kappa shape index (κ2) is 12.8. The largest absolute Gasteiger partial charge is 0.480 e. The van der Waals surface area contributed by atoms with Gasteiger partial charge in [-0.1, -0.05) is 78.9 Å². The molecule has 1 aliphatic heterocycles.